The molecule has 1 rings (SSSR count). The maximum absolute atomic E-state index is 5.87. The maximum atomic E-state index is 5.87. The number of aromatic nitrogens is 2. The fourth-order valence-electron chi connectivity index (χ4n) is 1.18. The molecule has 0 spiro atoms. The molecule has 0 radical (unpaired) electrons. The summed E-state index contributed by atoms with van der Waals surface area (Å²) in [5.74, 6) is 1.12. The van der Waals surface area contributed by atoms with Gasteiger partial charge in [-0.1, -0.05) is 18.5 Å². The third kappa shape index (κ3) is 3.50. The molecule has 0 atom stereocenters. The molecule has 1 heterocycles. The van der Waals surface area contributed by atoms with Gasteiger partial charge in [0, 0.05) is 13.1 Å². The first kappa shape index (κ1) is 13.0. The molecule has 5 nitrogen and oxygen atoms in total. The summed E-state index contributed by atoms with van der Waals surface area (Å²) in [6.45, 7) is 4.85. The quantitative estimate of drug-likeness (QED) is 0.769. The molecule has 90 valence electrons. The molecule has 6 heteroatoms. The van der Waals surface area contributed by atoms with E-state index in [0.717, 1.165) is 19.6 Å². The van der Waals surface area contributed by atoms with Crippen molar-refractivity contribution in [3.05, 3.63) is 11.5 Å². The number of nitrogens with zero attached hydrogens (tertiary/aromatic N) is 3. The Balaban J connectivity index is 2.56. The van der Waals surface area contributed by atoms with Gasteiger partial charge >= 0.3 is 0 Å². The van der Waals surface area contributed by atoms with Crippen molar-refractivity contribution in [2.45, 2.75) is 6.92 Å². The summed E-state index contributed by atoms with van der Waals surface area (Å²) >= 11 is 5.87. The Morgan fingerprint density at radius 2 is 2.25 bits per heavy atom. The average molecular weight is 245 g/mol. The van der Waals surface area contributed by atoms with Gasteiger partial charge in [0.2, 0.25) is 0 Å². The zero-order valence-corrected chi connectivity index (χ0v) is 10.6. The summed E-state index contributed by atoms with van der Waals surface area (Å²) in [7, 11) is 3.61. The van der Waals surface area contributed by atoms with Crippen LogP contribution >= 0.6 is 11.6 Å². The van der Waals surface area contributed by atoms with Gasteiger partial charge in [-0.2, -0.15) is 0 Å². The van der Waals surface area contributed by atoms with Crippen molar-refractivity contribution < 1.29 is 4.74 Å². The molecule has 0 amide bonds. The van der Waals surface area contributed by atoms with Gasteiger partial charge in [-0.3, -0.25) is 0 Å². The summed E-state index contributed by atoms with van der Waals surface area (Å²) in [5, 5.41) is 3.49. The highest BCUT2D eigenvalue weighted by atomic mass is 35.5. The lowest BCUT2D eigenvalue weighted by atomic mass is 10.4. The molecule has 0 saturated heterocycles. The molecule has 0 aliphatic heterocycles. The van der Waals surface area contributed by atoms with Crippen LogP contribution < -0.4 is 10.1 Å². The van der Waals surface area contributed by atoms with E-state index in [2.05, 4.69) is 34.2 Å². The Hall–Kier alpha value is -1.07. The first-order valence-electron chi connectivity index (χ1n) is 5.16. The van der Waals surface area contributed by atoms with Crippen LogP contribution in [0.15, 0.2) is 6.33 Å². The van der Waals surface area contributed by atoms with Gasteiger partial charge in [0.15, 0.2) is 16.7 Å². The van der Waals surface area contributed by atoms with Crippen LogP contribution in [0.5, 0.6) is 5.75 Å². The number of hydrogen-bond acceptors (Lipinski definition) is 5. The molecule has 0 bridgehead atoms. The van der Waals surface area contributed by atoms with E-state index in [1.165, 1.54) is 6.33 Å². The van der Waals surface area contributed by atoms with Crippen molar-refractivity contribution in [2.75, 3.05) is 39.1 Å². The van der Waals surface area contributed by atoms with E-state index in [-0.39, 0.29) is 0 Å². The van der Waals surface area contributed by atoms with Crippen molar-refractivity contribution >= 4 is 17.4 Å². The summed E-state index contributed by atoms with van der Waals surface area (Å²) in [6, 6.07) is 0. The van der Waals surface area contributed by atoms with Crippen LogP contribution in [-0.4, -0.2) is 48.7 Å². The molecule has 0 unspecified atom stereocenters. The monoisotopic (exact) mass is 244 g/mol. The first-order valence-corrected chi connectivity index (χ1v) is 5.53. The van der Waals surface area contributed by atoms with Crippen LogP contribution in [-0.2, 0) is 0 Å². The summed E-state index contributed by atoms with van der Waals surface area (Å²) in [6.07, 6.45) is 1.41. The van der Waals surface area contributed by atoms with Crippen molar-refractivity contribution in [2.24, 2.45) is 0 Å². The number of halogens is 1. The van der Waals surface area contributed by atoms with Gasteiger partial charge in [-0.05, 0) is 13.6 Å². The highest BCUT2D eigenvalue weighted by molar-refractivity contribution is 6.31. The van der Waals surface area contributed by atoms with Crippen LogP contribution in [0.1, 0.15) is 6.92 Å². The number of nitrogens with one attached hydrogen (secondary N) is 1. The topological polar surface area (TPSA) is 50.3 Å². The van der Waals surface area contributed by atoms with Gasteiger partial charge < -0.3 is 15.0 Å². The predicted octanol–water partition coefficient (Wildman–Crippen LogP) is 1.50. The van der Waals surface area contributed by atoms with E-state index in [1.54, 1.807) is 7.11 Å². The Morgan fingerprint density at radius 3 is 2.88 bits per heavy atom. The summed E-state index contributed by atoms with van der Waals surface area (Å²) in [4.78, 5) is 10.1. The van der Waals surface area contributed by atoms with Gasteiger partial charge in [-0.25, -0.2) is 9.97 Å². The Morgan fingerprint density at radius 1 is 1.50 bits per heavy atom. The smallest absolute Gasteiger partial charge is 0.198 e. The standard InChI is InChI=1S/C10H17ClN4O/c1-4-15(2)6-5-12-10-8(16-3)9(11)13-7-14-10/h7H,4-6H2,1-3H3,(H,12,13,14). The zero-order valence-electron chi connectivity index (χ0n) is 9.83. The number of rotatable bonds is 6. The van der Waals surface area contributed by atoms with Crippen molar-refractivity contribution in [3.63, 3.8) is 0 Å². The maximum Gasteiger partial charge on any atom is 0.198 e. The van der Waals surface area contributed by atoms with Crippen LogP contribution in [0.2, 0.25) is 5.15 Å². The van der Waals surface area contributed by atoms with Gasteiger partial charge in [0.1, 0.15) is 6.33 Å². The fraction of sp³-hybridized carbons (Fsp3) is 0.600. The van der Waals surface area contributed by atoms with Crippen LogP contribution in [0.4, 0.5) is 5.82 Å². The molecular formula is C10H17ClN4O. The molecule has 0 fully saturated rings. The van der Waals surface area contributed by atoms with Crippen molar-refractivity contribution in [3.8, 4) is 5.75 Å². The molecule has 1 N–H and O–H groups in total. The summed E-state index contributed by atoms with van der Waals surface area (Å²) < 4.78 is 5.13. The molecule has 1 aromatic heterocycles. The SMILES string of the molecule is CCN(C)CCNc1ncnc(Cl)c1OC. The minimum Gasteiger partial charge on any atom is -0.490 e. The minimum atomic E-state index is 0.323. The normalized spacial score (nSPS) is 10.6. The van der Waals surface area contributed by atoms with E-state index >= 15 is 0 Å². The van der Waals surface area contributed by atoms with Crippen molar-refractivity contribution in [1.82, 2.24) is 14.9 Å². The lowest BCUT2D eigenvalue weighted by Crippen LogP contribution is -2.25. The largest absolute Gasteiger partial charge is 0.490 e. The zero-order chi connectivity index (χ0) is 12.0. The second-order valence-electron chi connectivity index (χ2n) is 3.37. The van der Waals surface area contributed by atoms with Gasteiger partial charge in [0.05, 0.1) is 7.11 Å². The molecular weight excluding hydrogens is 228 g/mol. The lowest BCUT2D eigenvalue weighted by molar-refractivity contribution is 0.366. The fourth-order valence-corrected chi connectivity index (χ4v) is 1.39. The minimum absolute atomic E-state index is 0.323. The van der Waals surface area contributed by atoms with E-state index < -0.39 is 0 Å². The summed E-state index contributed by atoms with van der Waals surface area (Å²) in [5.41, 5.74) is 0. The van der Waals surface area contributed by atoms with E-state index in [0.29, 0.717) is 16.7 Å². The average Bonchev–Trinajstić information content (AvgIpc) is 2.29. The van der Waals surface area contributed by atoms with Crippen LogP contribution in [0.3, 0.4) is 0 Å². The van der Waals surface area contributed by atoms with Crippen molar-refractivity contribution in [1.29, 1.82) is 0 Å². The van der Waals surface area contributed by atoms with Gasteiger partial charge in [0.25, 0.3) is 0 Å². The second kappa shape index (κ2) is 6.50. The molecule has 0 aromatic carbocycles. The highest BCUT2D eigenvalue weighted by Crippen LogP contribution is 2.27. The van der Waals surface area contributed by atoms with Crippen LogP contribution in [0, 0.1) is 0 Å². The molecule has 0 saturated carbocycles. The number of ether oxygens (including phenoxy) is 1. The number of likely N-dealkylation sites (N-methyl/N-ethyl adjacent to an activating group) is 1. The number of anilines is 1. The molecule has 0 aliphatic carbocycles. The lowest BCUT2D eigenvalue weighted by Gasteiger charge is -2.15. The van der Waals surface area contributed by atoms with Gasteiger partial charge in [-0.15, -0.1) is 0 Å². The van der Waals surface area contributed by atoms with E-state index in [9.17, 15) is 0 Å². The highest BCUT2D eigenvalue weighted by Gasteiger charge is 2.09. The molecule has 16 heavy (non-hydrogen) atoms. The molecule has 0 aliphatic rings. The first-order chi connectivity index (χ1) is 7.69. The third-order valence-corrected chi connectivity index (χ3v) is 2.56. The van der Waals surface area contributed by atoms with Crippen LogP contribution in [0.25, 0.3) is 0 Å². The third-order valence-electron chi connectivity index (χ3n) is 2.29. The number of methoxy groups -OCH3 is 1. The molecule has 1 aromatic rings. The Labute approximate surface area is 101 Å². The Bertz CT molecular complexity index is 335. The number of hydrogen-bond donors (Lipinski definition) is 1. The second-order valence-corrected chi connectivity index (χ2v) is 3.73. The Kier molecular flexibility index (Phi) is 5.28. The van der Waals surface area contributed by atoms with E-state index in [1.807, 2.05) is 0 Å². The van der Waals surface area contributed by atoms with E-state index in [4.69, 9.17) is 16.3 Å². The predicted molar refractivity (Wildman–Crippen MR) is 65.3 cm³/mol.